The molecule has 0 aliphatic heterocycles. The van der Waals surface area contributed by atoms with Crippen LogP contribution < -0.4 is 0 Å². The summed E-state index contributed by atoms with van der Waals surface area (Å²) in [5.41, 5.74) is 2.05. The van der Waals surface area contributed by atoms with E-state index in [1.165, 1.54) is 18.4 Å². The molecule has 0 aromatic heterocycles. The molecule has 0 saturated heterocycles. The van der Waals surface area contributed by atoms with Crippen LogP contribution in [-0.2, 0) is 38.1 Å². The van der Waals surface area contributed by atoms with E-state index in [4.69, 9.17) is 0 Å². The van der Waals surface area contributed by atoms with Crippen molar-refractivity contribution in [2.24, 2.45) is 0 Å². The van der Waals surface area contributed by atoms with E-state index in [0.717, 1.165) is 0 Å². The number of benzene rings is 1. The van der Waals surface area contributed by atoms with Gasteiger partial charge in [-0.1, -0.05) is 51.1 Å². The molecule has 0 amide bonds. The molecule has 14 heavy (non-hydrogen) atoms. The summed E-state index contributed by atoms with van der Waals surface area (Å²) in [6, 6.07) is 10.8. The van der Waals surface area contributed by atoms with E-state index >= 15 is 0 Å². The topological polar surface area (TPSA) is 0 Å². The van der Waals surface area contributed by atoms with Crippen LogP contribution in [0.15, 0.2) is 30.3 Å². The van der Waals surface area contributed by atoms with E-state index in [9.17, 15) is 0 Å². The molecule has 1 radical (unpaired) electrons. The summed E-state index contributed by atoms with van der Waals surface area (Å²) < 4.78 is 0. The van der Waals surface area contributed by atoms with Gasteiger partial charge in [-0.3, -0.25) is 0 Å². The smallest absolute Gasteiger partial charge is 0 e. The van der Waals surface area contributed by atoms with Crippen LogP contribution in [-0.4, -0.2) is 0 Å². The molecule has 0 unspecified atom stereocenters. The Hall–Kier alpha value is 0.324. The molecule has 1 aromatic rings. The Morgan fingerprint density at radius 3 is 1.79 bits per heavy atom. The Balaban J connectivity index is 0. The Bertz CT molecular complexity index is 224. The zero-order chi connectivity index (χ0) is 9.03. The van der Waals surface area contributed by atoms with Gasteiger partial charge in [0.15, 0.2) is 0 Å². The Morgan fingerprint density at radius 2 is 1.43 bits per heavy atom. The first-order chi connectivity index (χ1) is 5.81. The van der Waals surface area contributed by atoms with Crippen LogP contribution in [0.3, 0.4) is 0 Å². The Labute approximate surface area is 114 Å². The van der Waals surface area contributed by atoms with Gasteiger partial charge in [-0.2, -0.15) is 0 Å². The van der Waals surface area contributed by atoms with E-state index in [1.54, 1.807) is 0 Å². The van der Waals surface area contributed by atoms with Crippen molar-refractivity contribution in [2.75, 3.05) is 0 Å². The normalized spacial score (nSPS) is 15.1. The van der Waals surface area contributed by atoms with Gasteiger partial charge in [-0.05, 0) is 23.8 Å². The van der Waals surface area contributed by atoms with Crippen molar-refractivity contribution in [3.8, 4) is 0 Å². The van der Waals surface area contributed by atoms with Crippen LogP contribution in [0.25, 0.3) is 0 Å². The summed E-state index contributed by atoms with van der Waals surface area (Å²) in [6.07, 6.45) is 2.74. The molecular formula is C13H21Y-. The first kappa shape index (κ1) is 16.7. The van der Waals surface area contributed by atoms with Crippen LogP contribution in [0.1, 0.15) is 39.2 Å². The Morgan fingerprint density at radius 1 is 1.00 bits per heavy atom. The summed E-state index contributed by atoms with van der Waals surface area (Å²) in [6.45, 7) is 6.34. The monoisotopic (exact) mass is 266 g/mol. The van der Waals surface area contributed by atoms with Crippen molar-refractivity contribution in [1.29, 1.82) is 0 Å². The fraction of sp³-hybridized carbons (Fsp3) is 0.462. The van der Waals surface area contributed by atoms with Crippen LogP contribution in [0.5, 0.6) is 0 Å². The molecule has 0 N–H and O–H groups in total. The van der Waals surface area contributed by atoms with E-state index in [-0.39, 0.29) is 40.1 Å². The van der Waals surface area contributed by atoms with Crippen molar-refractivity contribution in [3.63, 3.8) is 0 Å². The minimum atomic E-state index is 0. The van der Waals surface area contributed by atoms with Gasteiger partial charge in [0.25, 0.3) is 0 Å². The van der Waals surface area contributed by atoms with Gasteiger partial charge in [-0.25, -0.2) is 0 Å². The fourth-order valence-electron chi connectivity index (χ4n) is 1.32. The maximum absolute atomic E-state index is 2.34. The molecule has 0 atom stereocenters. The molecule has 1 heteroatoms. The van der Waals surface area contributed by atoms with E-state index < -0.39 is 0 Å². The summed E-state index contributed by atoms with van der Waals surface area (Å²) in [4.78, 5) is 0. The molecule has 0 nitrogen and oxygen atoms in total. The summed E-state index contributed by atoms with van der Waals surface area (Å²) in [5, 5.41) is 0. The maximum atomic E-state index is 2.34. The van der Waals surface area contributed by atoms with Gasteiger partial charge in [0.1, 0.15) is 0 Å². The summed E-state index contributed by atoms with van der Waals surface area (Å²) in [7, 11) is 0. The van der Waals surface area contributed by atoms with E-state index in [2.05, 4.69) is 37.3 Å². The molecule has 2 rings (SSSR count). The quantitative estimate of drug-likeness (QED) is 0.668. The van der Waals surface area contributed by atoms with Crippen molar-refractivity contribution in [1.82, 2.24) is 0 Å². The molecule has 1 aromatic carbocycles. The van der Waals surface area contributed by atoms with Gasteiger partial charge in [-0.15, -0.1) is 0 Å². The molecule has 0 bridgehead atoms. The molecule has 1 fully saturated rings. The first-order valence-corrected chi connectivity index (χ1v) is 4.87. The first-order valence-electron chi connectivity index (χ1n) is 4.87. The average Bonchev–Trinajstić information content (AvgIpc) is 2.90. The SMILES string of the molecule is CC.CC1(c2ccccc2)CC1.[CH3-].[Y]. The average molecular weight is 266 g/mol. The number of rotatable bonds is 1. The summed E-state index contributed by atoms with van der Waals surface area (Å²) in [5.74, 6) is 0. The van der Waals surface area contributed by atoms with Crippen molar-refractivity contribution >= 4 is 0 Å². The predicted molar refractivity (Wildman–Crippen MR) is 60.8 cm³/mol. The third kappa shape index (κ3) is 4.23. The van der Waals surface area contributed by atoms with Crippen LogP contribution in [0.4, 0.5) is 0 Å². The molecule has 1 aliphatic rings. The molecular weight excluding hydrogens is 245 g/mol. The van der Waals surface area contributed by atoms with Crippen LogP contribution in [0.2, 0.25) is 0 Å². The number of hydrogen-bond acceptors (Lipinski definition) is 0. The molecule has 1 saturated carbocycles. The molecule has 0 spiro atoms. The Kier molecular flexibility index (Phi) is 9.08. The van der Waals surface area contributed by atoms with Crippen molar-refractivity contribution in [3.05, 3.63) is 43.3 Å². The summed E-state index contributed by atoms with van der Waals surface area (Å²) >= 11 is 0. The number of hydrogen-bond donors (Lipinski definition) is 0. The van der Waals surface area contributed by atoms with Crippen molar-refractivity contribution < 1.29 is 32.7 Å². The largest absolute Gasteiger partial charge is 0.358 e. The van der Waals surface area contributed by atoms with Crippen LogP contribution >= 0.6 is 0 Å². The molecule has 0 heterocycles. The zero-order valence-corrected chi connectivity index (χ0v) is 12.7. The van der Waals surface area contributed by atoms with Crippen LogP contribution in [0, 0.1) is 7.43 Å². The van der Waals surface area contributed by atoms with Gasteiger partial charge < -0.3 is 7.43 Å². The standard InChI is InChI=1S/C10H12.C2H6.CH3.Y/c1-10(7-8-10)9-5-3-2-4-6-9;1-2;;/h2-6H,7-8H2,1H3;1-2H3;1H3;/q;;-1;. The zero-order valence-electron chi connectivity index (χ0n) is 9.88. The second-order valence-electron chi connectivity index (χ2n) is 3.43. The third-order valence-corrected chi connectivity index (χ3v) is 2.47. The third-order valence-electron chi connectivity index (χ3n) is 2.47. The van der Waals surface area contributed by atoms with Gasteiger partial charge in [0.05, 0.1) is 0 Å². The maximum Gasteiger partial charge on any atom is 0 e. The van der Waals surface area contributed by atoms with Crippen molar-refractivity contribution in [2.45, 2.75) is 39.0 Å². The second-order valence-corrected chi connectivity index (χ2v) is 3.43. The second kappa shape index (κ2) is 7.59. The minimum absolute atomic E-state index is 0. The molecule has 1 aliphatic carbocycles. The predicted octanol–water partition coefficient (Wildman–Crippen LogP) is 4.21. The molecule has 77 valence electrons. The minimum Gasteiger partial charge on any atom is -0.358 e. The van der Waals surface area contributed by atoms with Gasteiger partial charge >= 0.3 is 0 Å². The van der Waals surface area contributed by atoms with E-state index in [1.807, 2.05) is 13.8 Å². The van der Waals surface area contributed by atoms with Gasteiger partial charge in [0.2, 0.25) is 0 Å². The van der Waals surface area contributed by atoms with E-state index in [0.29, 0.717) is 5.41 Å². The van der Waals surface area contributed by atoms with Gasteiger partial charge in [0, 0.05) is 32.7 Å². The fourth-order valence-corrected chi connectivity index (χ4v) is 1.32.